The summed E-state index contributed by atoms with van der Waals surface area (Å²) in [6.07, 6.45) is 6.97. The van der Waals surface area contributed by atoms with Crippen molar-refractivity contribution in [2.24, 2.45) is 0 Å². The molecule has 3 heteroatoms. The molecule has 0 unspecified atom stereocenters. The van der Waals surface area contributed by atoms with Crippen molar-refractivity contribution in [3.63, 3.8) is 0 Å². The lowest BCUT2D eigenvalue weighted by Gasteiger charge is -2.00. The minimum absolute atomic E-state index is 0.247. The SMILES string of the molecule is Oc1c(Br)cccc1C=Cc1ccoc1. The number of benzene rings is 1. The maximum Gasteiger partial charge on any atom is 0.136 e. The van der Waals surface area contributed by atoms with E-state index < -0.39 is 0 Å². The lowest BCUT2D eigenvalue weighted by molar-refractivity contribution is 0.470. The van der Waals surface area contributed by atoms with Crippen molar-refractivity contribution < 1.29 is 9.52 Å². The first-order valence-corrected chi connectivity index (χ1v) is 5.24. The Morgan fingerprint density at radius 1 is 1.20 bits per heavy atom. The molecule has 0 radical (unpaired) electrons. The van der Waals surface area contributed by atoms with Crippen molar-refractivity contribution in [1.29, 1.82) is 0 Å². The predicted molar refractivity (Wildman–Crippen MR) is 63.4 cm³/mol. The Labute approximate surface area is 96.0 Å². The standard InChI is InChI=1S/C12H9BrO2/c13-11-3-1-2-10(12(11)14)5-4-9-6-7-15-8-9/h1-8,14H. The number of aromatic hydroxyl groups is 1. The second-order valence-corrected chi connectivity index (χ2v) is 3.92. The van der Waals surface area contributed by atoms with Crippen LogP contribution in [0.5, 0.6) is 5.75 Å². The zero-order valence-corrected chi connectivity index (χ0v) is 9.44. The van der Waals surface area contributed by atoms with Gasteiger partial charge < -0.3 is 9.52 Å². The Morgan fingerprint density at radius 2 is 2.07 bits per heavy atom. The van der Waals surface area contributed by atoms with Gasteiger partial charge in [0, 0.05) is 11.1 Å². The van der Waals surface area contributed by atoms with Crippen LogP contribution in [0.1, 0.15) is 11.1 Å². The number of furan rings is 1. The van der Waals surface area contributed by atoms with Gasteiger partial charge in [-0.15, -0.1) is 0 Å². The Kier molecular flexibility index (Phi) is 2.92. The Hall–Kier alpha value is -1.48. The van der Waals surface area contributed by atoms with Gasteiger partial charge >= 0.3 is 0 Å². The monoisotopic (exact) mass is 264 g/mol. The quantitative estimate of drug-likeness (QED) is 0.892. The van der Waals surface area contributed by atoms with Crippen LogP contribution in [-0.4, -0.2) is 5.11 Å². The molecule has 0 aliphatic carbocycles. The number of hydrogen-bond acceptors (Lipinski definition) is 2. The highest BCUT2D eigenvalue weighted by Crippen LogP contribution is 2.28. The van der Waals surface area contributed by atoms with Crippen molar-refractivity contribution in [1.82, 2.24) is 0 Å². The summed E-state index contributed by atoms with van der Waals surface area (Å²) in [4.78, 5) is 0. The molecule has 0 aliphatic rings. The van der Waals surface area contributed by atoms with Crippen molar-refractivity contribution >= 4 is 28.1 Å². The molecule has 15 heavy (non-hydrogen) atoms. The van der Waals surface area contributed by atoms with Crippen LogP contribution >= 0.6 is 15.9 Å². The topological polar surface area (TPSA) is 33.4 Å². The fourth-order valence-corrected chi connectivity index (χ4v) is 1.60. The van der Waals surface area contributed by atoms with Crippen LogP contribution in [0.25, 0.3) is 12.2 Å². The normalized spacial score (nSPS) is 11.0. The number of hydrogen-bond donors (Lipinski definition) is 1. The molecule has 0 fully saturated rings. The summed E-state index contributed by atoms with van der Waals surface area (Å²) in [6.45, 7) is 0. The molecular formula is C12H9BrO2. The summed E-state index contributed by atoms with van der Waals surface area (Å²) in [6, 6.07) is 7.37. The third-order valence-electron chi connectivity index (χ3n) is 2.02. The van der Waals surface area contributed by atoms with E-state index in [1.54, 1.807) is 18.6 Å². The molecular weight excluding hydrogens is 256 g/mol. The van der Waals surface area contributed by atoms with Crippen LogP contribution in [0.15, 0.2) is 45.7 Å². The smallest absolute Gasteiger partial charge is 0.136 e. The molecule has 1 N–H and O–H groups in total. The molecule has 0 saturated carbocycles. The van der Waals surface area contributed by atoms with Gasteiger partial charge in [0.25, 0.3) is 0 Å². The first-order chi connectivity index (χ1) is 7.27. The average Bonchev–Trinajstić information content (AvgIpc) is 2.73. The minimum Gasteiger partial charge on any atom is -0.506 e. The first-order valence-electron chi connectivity index (χ1n) is 4.45. The van der Waals surface area contributed by atoms with Gasteiger partial charge in [0.1, 0.15) is 5.75 Å². The first kappa shape index (κ1) is 10.1. The number of phenols is 1. The molecule has 0 bridgehead atoms. The zero-order valence-electron chi connectivity index (χ0n) is 7.85. The molecule has 0 saturated heterocycles. The fourth-order valence-electron chi connectivity index (χ4n) is 1.22. The number of halogens is 1. The molecule has 2 rings (SSSR count). The lowest BCUT2D eigenvalue weighted by Crippen LogP contribution is -1.75. The van der Waals surface area contributed by atoms with Crippen molar-refractivity contribution in [2.45, 2.75) is 0 Å². The van der Waals surface area contributed by atoms with Crippen LogP contribution in [0.4, 0.5) is 0 Å². The minimum atomic E-state index is 0.247. The molecule has 1 aromatic heterocycles. The summed E-state index contributed by atoms with van der Waals surface area (Å²) >= 11 is 3.26. The van der Waals surface area contributed by atoms with Crippen molar-refractivity contribution in [3.8, 4) is 5.75 Å². The second kappa shape index (κ2) is 4.36. The number of para-hydroxylation sites is 1. The molecule has 76 valence electrons. The van der Waals surface area contributed by atoms with Gasteiger partial charge in [-0.25, -0.2) is 0 Å². The van der Waals surface area contributed by atoms with E-state index in [9.17, 15) is 5.11 Å². The lowest BCUT2D eigenvalue weighted by atomic mass is 10.1. The van der Waals surface area contributed by atoms with Crippen LogP contribution in [-0.2, 0) is 0 Å². The van der Waals surface area contributed by atoms with Gasteiger partial charge in [0.15, 0.2) is 0 Å². The Balaban J connectivity index is 2.28. The molecule has 0 spiro atoms. The maximum absolute atomic E-state index is 9.70. The molecule has 1 heterocycles. The van der Waals surface area contributed by atoms with E-state index in [1.165, 1.54) is 0 Å². The third-order valence-corrected chi connectivity index (χ3v) is 2.66. The molecule has 0 amide bonds. The van der Waals surface area contributed by atoms with Gasteiger partial charge in [0.2, 0.25) is 0 Å². The Morgan fingerprint density at radius 3 is 2.80 bits per heavy atom. The summed E-state index contributed by atoms with van der Waals surface area (Å²) in [7, 11) is 0. The zero-order chi connectivity index (χ0) is 10.7. The molecule has 2 aromatic rings. The fraction of sp³-hybridized carbons (Fsp3) is 0. The highest BCUT2D eigenvalue weighted by Gasteiger charge is 2.00. The molecule has 0 aliphatic heterocycles. The summed E-state index contributed by atoms with van der Waals surface area (Å²) in [5.41, 5.74) is 1.74. The number of rotatable bonds is 2. The molecule has 2 nitrogen and oxygen atoms in total. The largest absolute Gasteiger partial charge is 0.506 e. The molecule has 1 aromatic carbocycles. The van der Waals surface area contributed by atoms with Crippen LogP contribution < -0.4 is 0 Å². The van der Waals surface area contributed by atoms with Crippen LogP contribution in [0.2, 0.25) is 0 Å². The van der Waals surface area contributed by atoms with Crippen molar-refractivity contribution in [2.75, 3.05) is 0 Å². The van der Waals surface area contributed by atoms with Gasteiger partial charge in [-0.1, -0.05) is 24.3 Å². The van der Waals surface area contributed by atoms with Gasteiger partial charge in [-0.3, -0.25) is 0 Å². The predicted octanol–water partition coefficient (Wildman–Crippen LogP) is 3.92. The second-order valence-electron chi connectivity index (χ2n) is 3.07. The number of phenolic OH excluding ortho intramolecular Hbond substituents is 1. The van der Waals surface area contributed by atoms with E-state index >= 15 is 0 Å². The maximum atomic E-state index is 9.70. The average molecular weight is 265 g/mol. The third kappa shape index (κ3) is 2.30. The van der Waals surface area contributed by atoms with Gasteiger partial charge in [0.05, 0.1) is 17.0 Å². The van der Waals surface area contributed by atoms with Gasteiger partial charge in [-0.2, -0.15) is 0 Å². The van der Waals surface area contributed by atoms with E-state index in [0.29, 0.717) is 4.47 Å². The summed E-state index contributed by atoms with van der Waals surface area (Å²) in [5.74, 6) is 0.247. The van der Waals surface area contributed by atoms with Crippen molar-refractivity contribution in [3.05, 3.63) is 52.4 Å². The van der Waals surface area contributed by atoms with Crippen LogP contribution in [0.3, 0.4) is 0 Å². The highest BCUT2D eigenvalue weighted by atomic mass is 79.9. The van der Waals surface area contributed by atoms with E-state index in [2.05, 4.69) is 15.9 Å². The van der Waals surface area contributed by atoms with Gasteiger partial charge in [-0.05, 0) is 28.1 Å². The highest BCUT2D eigenvalue weighted by molar-refractivity contribution is 9.10. The summed E-state index contributed by atoms with van der Waals surface area (Å²) < 4.78 is 5.63. The summed E-state index contributed by atoms with van der Waals surface area (Å²) in [5, 5.41) is 9.70. The van der Waals surface area contributed by atoms with E-state index in [4.69, 9.17) is 4.42 Å². The Bertz CT molecular complexity index is 472. The van der Waals surface area contributed by atoms with E-state index in [-0.39, 0.29) is 5.75 Å². The van der Waals surface area contributed by atoms with E-state index in [1.807, 2.05) is 30.4 Å². The van der Waals surface area contributed by atoms with E-state index in [0.717, 1.165) is 11.1 Å². The molecule has 0 atom stereocenters. The van der Waals surface area contributed by atoms with Crippen LogP contribution in [0, 0.1) is 0 Å².